The minimum Gasteiger partial charge on any atom is -0.481 e. The van der Waals surface area contributed by atoms with E-state index in [1.54, 1.807) is 42.5 Å². The van der Waals surface area contributed by atoms with Gasteiger partial charge in [0.2, 0.25) is 5.91 Å². The Kier molecular flexibility index (Phi) is 5.66. The van der Waals surface area contributed by atoms with Crippen LogP contribution in [0.3, 0.4) is 0 Å². The van der Waals surface area contributed by atoms with Crippen molar-refractivity contribution in [3.63, 3.8) is 0 Å². The number of nitriles is 1. The number of anilines is 2. The number of aromatic nitrogens is 1. The number of nitrogen functional groups attached to an aromatic ring is 1. The predicted molar refractivity (Wildman–Crippen MR) is 107 cm³/mol. The molecule has 0 aliphatic rings. The summed E-state index contributed by atoms with van der Waals surface area (Å²) in [7, 11) is 0. The number of ether oxygens (including phenoxy) is 1. The summed E-state index contributed by atoms with van der Waals surface area (Å²) in [5.74, 6) is -0.0991. The highest BCUT2D eigenvalue weighted by Gasteiger charge is 2.15. The normalized spacial score (nSPS) is 11.6. The molecule has 1 aromatic heterocycles. The molecule has 9 nitrogen and oxygen atoms in total. The molecular weight excluding hydrogens is 374 g/mol. The Morgan fingerprint density at radius 1 is 1.21 bits per heavy atom. The summed E-state index contributed by atoms with van der Waals surface area (Å²) in [4.78, 5) is 25.5. The Bertz CT molecular complexity index is 1100. The zero-order chi connectivity index (χ0) is 21.0. The average Bonchev–Trinajstić information content (AvgIpc) is 3.01. The fourth-order valence-corrected chi connectivity index (χ4v) is 2.76. The van der Waals surface area contributed by atoms with Gasteiger partial charge in [0.25, 0.3) is 0 Å². The lowest BCUT2D eigenvalue weighted by Crippen LogP contribution is -2.36. The smallest absolute Gasteiger partial charge is 0.303 e. The van der Waals surface area contributed by atoms with E-state index in [4.69, 9.17) is 21.3 Å². The number of carbonyl (C=O) groups excluding carboxylic acids is 1. The Balaban J connectivity index is 1.66. The summed E-state index contributed by atoms with van der Waals surface area (Å²) in [6, 6.07) is 13.0. The number of amides is 1. The van der Waals surface area contributed by atoms with Crippen molar-refractivity contribution in [1.82, 2.24) is 4.98 Å². The average molecular weight is 393 g/mol. The zero-order valence-corrected chi connectivity index (χ0v) is 15.3. The second-order valence-corrected chi connectivity index (χ2v) is 6.39. The van der Waals surface area contributed by atoms with Crippen LogP contribution in [0.4, 0.5) is 11.5 Å². The fourth-order valence-electron chi connectivity index (χ4n) is 2.76. The van der Waals surface area contributed by atoms with Crippen LogP contribution in [-0.4, -0.2) is 28.0 Å². The van der Waals surface area contributed by atoms with Gasteiger partial charge in [-0.15, -0.1) is 0 Å². The molecule has 148 valence electrons. The van der Waals surface area contributed by atoms with Crippen molar-refractivity contribution < 1.29 is 19.4 Å². The van der Waals surface area contributed by atoms with Gasteiger partial charge in [-0.25, -0.2) is 0 Å². The van der Waals surface area contributed by atoms with E-state index in [2.05, 4.69) is 16.4 Å². The van der Waals surface area contributed by atoms with Crippen molar-refractivity contribution in [1.29, 1.82) is 5.26 Å². The van der Waals surface area contributed by atoms with Crippen molar-refractivity contribution in [2.45, 2.75) is 18.9 Å². The van der Waals surface area contributed by atoms with Gasteiger partial charge in [-0.1, -0.05) is 0 Å². The molecule has 1 amide bonds. The molecule has 0 aliphatic heterocycles. The molecule has 0 bridgehead atoms. The van der Waals surface area contributed by atoms with Gasteiger partial charge in [0, 0.05) is 23.0 Å². The van der Waals surface area contributed by atoms with Gasteiger partial charge in [0.15, 0.2) is 0 Å². The summed E-state index contributed by atoms with van der Waals surface area (Å²) >= 11 is 0. The Labute approximate surface area is 165 Å². The lowest BCUT2D eigenvalue weighted by molar-refractivity contribution is -0.137. The van der Waals surface area contributed by atoms with Gasteiger partial charge in [-0.2, -0.15) is 5.26 Å². The van der Waals surface area contributed by atoms with Crippen molar-refractivity contribution in [3.8, 4) is 17.6 Å². The monoisotopic (exact) mass is 393 g/mol. The first-order valence-corrected chi connectivity index (χ1v) is 8.75. The van der Waals surface area contributed by atoms with Gasteiger partial charge in [-0.05, 0) is 48.9 Å². The van der Waals surface area contributed by atoms with Crippen LogP contribution >= 0.6 is 0 Å². The number of H-pyrrole nitrogens is 1. The standard InChI is InChI=1S/C20H19N5O4/c21-10-15-14-9-13(5-7-17(14)25-19(15)23)29-12-3-1-11(2-4-12)24-20(28)16(22)6-8-18(26)27/h1-5,7,9,16,25H,6,8,22-23H2,(H,24,28)(H,26,27)/t16-/m0/s1. The first kappa shape index (κ1) is 19.7. The summed E-state index contributed by atoms with van der Waals surface area (Å²) in [5, 5.41) is 21.2. The van der Waals surface area contributed by atoms with E-state index >= 15 is 0 Å². The first-order valence-electron chi connectivity index (χ1n) is 8.75. The number of hydrogen-bond donors (Lipinski definition) is 5. The lowest BCUT2D eigenvalue weighted by atomic mass is 10.1. The quantitative estimate of drug-likeness (QED) is 0.411. The highest BCUT2D eigenvalue weighted by atomic mass is 16.5. The number of carboxylic acid groups (broad SMARTS) is 1. The predicted octanol–water partition coefficient (Wildman–Crippen LogP) is 2.54. The number of aromatic amines is 1. The molecule has 9 heteroatoms. The molecule has 3 aromatic rings. The highest BCUT2D eigenvalue weighted by Crippen LogP contribution is 2.30. The van der Waals surface area contributed by atoms with Crippen LogP contribution in [0.25, 0.3) is 10.9 Å². The molecular formula is C20H19N5O4. The molecule has 0 fully saturated rings. The zero-order valence-electron chi connectivity index (χ0n) is 15.3. The van der Waals surface area contributed by atoms with Gasteiger partial charge in [-0.3, -0.25) is 9.59 Å². The maximum absolute atomic E-state index is 12.0. The molecule has 0 saturated carbocycles. The number of carbonyl (C=O) groups is 2. The van der Waals surface area contributed by atoms with Crippen LogP contribution < -0.4 is 21.5 Å². The Morgan fingerprint density at radius 3 is 2.55 bits per heavy atom. The molecule has 0 spiro atoms. The number of nitrogens with two attached hydrogens (primary N) is 2. The molecule has 3 rings (SSSR count). The molecule has 0 radical (unpaired) electrons. The van der Waals surface area contributed by atoms with E-state index in [9.17, 15) is 14.9 Å². The van der Waals surface area contributed by atoms with Crippen LogP contribution in [-0.2, 0) is 9.59 Å². The SMILES string of the molecule is N#Cc1c(N)[nH]c2ccc(Oc3ccc(NC(=O)[C@@H](N)CCC(=O)O)cc3)cc12. The highest BCUT2D eigenvalue weighted by molar-refractivity contribution is 5.95. The van der Waals surface area contributed by atoms with Crippen LogP contribution in [0, 0.1) is 11.3 Å². The second-order valence-electron chi connectivity index (χ2n) is 6.39. The number of rotatable bonds is 7. The van der Waals surface area contributed by atoms with Crippen LogP contribution in [0.5, 0.6) is 11.5 Å². The molecule has 2 aromatic carbocycles. The molecule has 7 N–H and O–H groups in total. The van der Waals surface area contributed by atoms with Crippen LogP contribution in [0.15, 0.2) is 42.5 Å². The van der Waals surface area contributed by atoms with Gasteiger partial charge < -0.3 is 31.6 Å². The third kappa shape index (κ3) is 4.63. The third-order valence-electron chi connectivity index (χ3n) is 4.27. The van der Waals surface area contributed by atoms with Crippen molar-refractivity contribution in [2.75, 3.05) is 11.1 Å². The minimum atomic E-state index is -1.00. The molecule has 0 unspecified atom stereocenters. The number of fused-ring (bicyclic) bond motifs is 1. The van der Waals surface area contributed by atoms with E-state index in [1.165, 1.54) is 0 Å². The molecule has 0 aliphatic carbocycles. The van der Waals surface area contributed by atoms with E-state index < -0.39 is 17.9 Å². The summed E-state index contributed by atoms with van der Waals surface area (Å²) in [5.41, 5.74) is 13.1. The lowest BCUT2D eigenvalue weighted by Gasteiger charge is -2.12. The summed E-state index contributed by atoms with van der Waals surface area (Å²) < 4.78 is 5.80. The maximum Gasteiger partial charge on any atom is 0.303 e. The molecule has 1 atom stereocenters. The summed E-state index contributed by atoms with van der Waals surface area (Å²) in [6.07, 6.45) is -0.120. The van der Waals surface area contributed by atoms with Gasteiger partial charge >= 0.3 is 5.97 Å². The molecule has 1 heterocycles. The third-order valence-corrected chi connectivity index (χ3v) is 4.27. The number of hydrogen-bond acceptors (Lipinski definition) is 6. The van der Waals surface area contributed by atoms with Crippen molar-refractivity contribution >= 4 is 34.3 Å². The van der Waals surface area contributed by atoms with E-state index in [0.717, 1.165) is 5.52 Å². The van der Waals surface area contributed by atoms with Crippen molar-refractivity contribution in [2.24, 2.45) is 5.73 Å². The largest absolute Gasteiger partial charge is 0.481 e. The maximum atomic E-state index is 12.0. The fraction of sp³-hybridized carbons (Fsp3) is 0.150. The van der Waals surface area contributed by atoms with Crippen LogP contribution in [0.2, 0.25) is 0 Å². The minimum absolute atomic E-state index is 0.0548. The number of aliphatic carboxylic acids is 1. The Morgan fingerprint density at radius 2 is 1.90 bits per heavy atom. The van der Waals surface area contributed by atoms with Gasteiger partial charge in [0.1, 0.15) is 28.9 Å². The molecule has 29 heavy (non-hydrogen) atoms. The van der Waals surface area contributed by atoms with E-state index in [0.29, 0.717) is 34.0 Å². The first-order chi connectivity index (χ1) is 13.9. The number of nitrogens with zero attached hydrogens (tertiary/aromatic N) is 1. The van der Waals surface area contributed by atoms with E-state index in [1.807, 2.05) is 0 Å². The number of carboxylic acids is 1. The Hall–Kier alpha value is -4.03. The van der Waals surface area contributed by atoms with Gasteiger partial charge in [0.05, 0.1) is 6.04 Å². The van der Waals surface area contributed by atoms with Crippen LogP contribution in [0.1, 0.15) is 18.4 Å². The number of nitrogens with one attached hydrogen (secondary N) is 2. The second kappa shape index (κ2) is 8.33. The van der Waals surface area contributed by atoms with E-state index in [-0.39, 0.29) is 12.8 Å². The topological polar surface area (TPSA) is 167 Å². The molecule has 0 saturated heterocycles. The van der Waals surface area contributed by atoms with Crippen molar-refractivity contribution in [3.05, 3.63) is 48.0 Å². The summed E-state index contributed by atoms with van der Waals surface area (Å²) in [6.45, 7) is 0. The number of benzene rings is 2.